The van der Waals surface area contributed by atoms with Gasteiger partial charge in [-0.25, -0.2) is 9.89 Å². The molecule has 6 nitrogen and oxygen atoms in total. The monoisotopic (exact) mass is 247 g/mol. The third kappa shape index (κ3) is 3.14. The predicted molar refractivity (Wildman–Crippen MR) is 65.2 cm³/mol. The number of hydrogen-bond donors (Lipinski definition) is 1. The Hall–Kier alpha value is -2.21. The third-order valence-electron chi connectivity index (χ3n) is 2.42. The van der Waals surface area contributed by atoms with E-state index < -0.39 is 11.2 Å². The van der Waals surface area contributed by atoms with Crippen LogP contribution in [0.4, 0.5) is 0 Å². The zero-order valence-corrected chi connectivity index (χ0v) is 9.70. The number of aromatic nitrogens is 3. The highest BCUT2D eigenvalue weighted by Gasteiger charge is 2.00. The summed E-state index contributed by atoms with van der Waals surface area (Å²) in [5.41, 5.74) is 0.0985. The first kappa shape index (κ1) is 12.3. The van der Waals surface area contributed by atoms with E-state index in [-0.39, 0.29) is 6.54 Å². The number of nitrogens with zero attached hydrogens (tertiary/aromatic N) is 2. The molecule has 94 valence electrons. The minimum atomic E-state index is -0.522. The van der Waals surface area contributed by atoms with E-state index in [1.807, 2.05) is 30.3 Å². The number of hydrogen-bond acceptors (Lipinski definition) is 4. The highest BCUT2D eigenvalue weighted by atomic mass is 16.5. The summed E-state index contributed by atoms with van der Waals surface area (Å²) in [5, 5.41) is 5.61. The summed E-state index contributed by atoms with van der Waals surface area (Å²) >= 11 is 0. The van der Waals surface area contributed by atoms with Crippen LogP contribution in [-0.2, 0) is 17.9 Å². The Kier molecular flexibility index (Phi) is 4.03. The number of aromatic amines is 1. The van der Waals surface area contributed by atoms with Crippen molar-refractivity contribution in [1.29, 1.82) is 0 Å². The van der Waals surface area contributed by atoms with E-state index in [1.165, 1.54) is 0 Å². The van der Waals surface area contributed by atoms with Crippen molar-refractivity contribution in [3.63, 3.8) is 0 Å². The summed E-state index contributed by atoms with van der Waals surface area (Å²) in [6.45, 7) is 0.962. The number of nitrogens with one attached hydrogen (secondary N) is 1. The maximum atomic E-state index is 11.3. The second-order valence-corrected chi connectivity index (χ2v) is 3.70. The van der Waals surface area contributed by atoms with Gasteiger partial charge in [0.15, 0.2) is 0 Å². The van der Waals surface area contributed by atoms with Crippen molar-refractivity contribution in [2.45, 2.75) is 13.2 Å². The molecule has 0 aliphatic carbocycles. The van der Waals surface area contributed by atoms with E-state index in [9.17, 15) is 9.59 Å². The molecule has 0 amide bonds. The Morgan fingerprint density at radius 1 is 1.22 bits per heavy atom. The molecule has 1 aromatic carbocycles. The summed E-state index contributed by atoms with van der Waals surface area (Å²) in [5.74, 6) is 0. The van der Waals surface area contributed by atoms with Crippen molar-refractivity contribution in [2.75, 3.05) is 6.61 Å². The molecule has 0 aliphatic rings. The van der Waals surface area contributed by atoms with Gasteiger partial charge in [0.1, 0.15) is 6.20 Å². The van der Waals surface area contributed by atoms with Crippen LogP contribution in [0.25, 0.3) is 0 Å². The van der Waals surface area contributed by atoms with Crippen molar-refractivity contribution in [1.82, 2.24) is 14.8 Å². The molecule has 18 heavy (non-hydrogen) atoms. The molecule has 0 radical (unpaired) electrons. The maximum absolute atomic E-state index is 11.3. The van der Waals surface area contributed by atoms with E-state index >= 15 is 0 Å². The summed E-state index contributed by atoms with van der Waals surface area (Å²) in [6.07, 6.45) is 1.07. The van der Waals surface area contributed by atoms with E-state index in [0.29, 0.717) is 13.2 Å². The van der Waals surface area contributed by atoms with E-state index in [1.54, 1.807) is 0 Å². The van der Waals surface area contributed by atoms with Crippen molar-refractivity contribution in [2.24, 2.45) is 0 Å². The topological polar surface area (TPSA) is 77.0 Å². The number of rotatable bonds is 5. The SMILES string of the molecule is O=c1cn[nH]c(=O)n1CCOCc1ccccc1. The molecule has 0 spiro atoms. The Labute approximate surface area is 103 Å². The molecule has 0 unspecified atom stereocenters. The lowest BCUT2D eigenvalue weighted by Gasteiger charge is -2.05. The Balaban J connectivity index is 1.86. The lowest BCUT2D eigenvalue weighted by Crippen LogP contribution is -2.36. The number of ether oxygens (including phenoxy) is 1. The van der Waals surface area contributed by atoms with Gasteiger partial charge in [-0.1, -0.05) is 30.3 Å². The second kappa shape index (κ2) is 5.92. The molecule has 6 heteroatoms. The van der Waals surface area contributed by atoms with E-state index in [2.05, 4.69) is 10.2 Å². The second-order valence-electron chi connectivity index (χ2n) is 3.70. The molecule has 0 atom stereocenters. The average molecular weight is 247 g/mol. The van der Waals surface area contributed by atoms with E-state index in [4.69, 9.17) is 4.74 Å². The Morgan fingerprint density at radius 3 is 2.72 bits per heavy atom. The van der Waals surface area contributed by atoms with Gasteiger partial charge in [-0.3, -0.25) is 9.36 Å². The molecular formula is C12H13N3O3. The molecule has 1 heterocycles. The van der Waals surface area contributed by atoms with Crippen LogP contribution in [0.2, 0.25) is 0 Å². The lowest BCUT2D eigenvalue weighted by atomic mass is 10.2. The highest BCUT2D eigenvalue weighted by Crippen LogP contribution is 1.99. The third-order valence-corrected chi connectivity index (χ3v) is 2.42. The average Bonchev–Trinajstić information content (AvgIpc) is 2.38. The van der Waals surface area contributed by atoms with Gasteiger partial charge in [0.2, 0.25) is 0 Å². The fourth-order valence-electron chi connectivity index (χ4n) is 1.50. The van der Waals surface area contributed by atoms with Crippen LogP contribution < -0.4 is 11.2 Å². The minimum absolute atomic E-state index is 0.212. The fraction of sp³-hybridized carbons (Fsp3) is 0.250. The predicted octanol–water partition coefficient (Wildman–Crippen LogP) is 0.148. The molecule has 1 N–H and O–H groups in total. The Bertz CT molecular complexity index is 575. The van der Waals surface area contributed by atoms with Crippen molar-refractivity contribution in [3.05, 3.63) is 62.9 Å². The van der Waals surface area contributed by atoms with Crippen LogP contribution in [0.5, 0.6) is 0 Å². The van der Waals surface area contributed by atoms with Crippen LogP contribution in [0.15, 0.2) is 46.1 Å². The van der Waals surface area contributed by atoms with Gasteiger partial charge in [-0.2, -0.15) is 5.10 Å². The van der Waals surface area contributed by atoms with Gasteiger partial charge < -0.3 is 4.74 Å². The van der Waals surface area contributed by atoms with Gasteiger partial charge >= 0.3 is 5.69 Å². The van der Waals surface area contributed by atoms with Gasteiger partial charge in [-0.05, 0) is 5.56 Å². The smallest absolute Gasteiger partial charge is 0.344 e. The zero-order chi connectivity index (χ0) is 12.8. The minimum Gasteiger partial charge on any atom is -0.375 e. The maximum Gasteiger partial charge on any atom is 0.344 e. The van der Waals surface area contributed by atoms with Crippen molar-refractivity contribution >= 4 is 0 Å². The molecule has 0 saturated carbocycles. The number of H-pyrrole nitrogens is 1. The summed E-state index contributed by atoms with van der Waals surface area (Å²) in [7, 11) is 0. The summed E-state index contributed by atoms with van der Waals surface area (Å²) in [6, 6.07) is 9.68. The highest BCUT2D eigenvalue weighted by molar-refractivity contribution is 5.13. The molecule has 0 saturated heterocycles. The summed E-state index contributed by atoms with van der Waals surface area (Å²) in [4.78, 5) is 22.6. The molecule has 1 aromatic heterocycles. The quantitative estimate of drug-likeness (QED) is 0.763. The van der Waals surface area contributed by atoms with Crippen LogP contribution >= 0.6 is 0 Å². The standard InChI is InChI=1S/C12H13N3O3/c16-11-8-13-14-12(17)15(11)6-7-18-9-10-4-2-1-3-5-10/h1-5,8H,6-7,9H2,(H,14,17). The molecule has 0 bridgehead atoms. The van der Waals surface area contributed by atoms with Crippen molar-refractivity contribution in [3.8, 4) is 0 Å². The van der Waals surface area contributed by atoms with Crippen LogP contribution in [0, 0.1) is 0 Å². The van der Waals surface area contributed by atoms with Crippen LogP contribution in [0.3, 0.4) is 0 Å². The largest absolute Gasteiger partial charge is 0.375 e. The normalized spacial score (nSPS) is 10.4. The van der Waals surface area contributed by atoms with Gasteiger partial charge in [0.05, 0.1) is 19.8 Å². The van der Waals surface area contributed by atoms with Crippen LogP contribution in [0.1, 0.15) is 5.56 Å². The van der Waals surface area contributed by atoms with Gasteiger partial charge in [0, 0.05) is 0 Å². The zero-order valence-electron chi connectivity index (χ0n) is 9.70. The van der Waals surface area contributed by atoms with Crippen LogP contribution in [-0.4, -0.2) is 21.4 Å². The summed E-state index contributed by atoms with van der Waals surface area (Å²) < 4.78 is 6.45. The number of benzene rings is 1. The first-order valence-electron chi connectivity index (χ1n) is 5.53. The molecule has 0 fully saturated rings. The fourth-order valence-corrected chi connectivity index (χ4v) is 1.50. The first-order valence-corrected chi connectivity index (χ1v) is 5.53. The van der Waals surface area contributed by atoms with Gasteiger partial charge in [-0.15, -0.1) is 0 Å². The molecule has 0 aliphatic heterocycles. The first-order chi connectivity index (χ1) is 8.77. The van der Waals surface area contributed by atoms with E-state index in [0.717, 1.165) is 16.3 Å². The lowest BCUT2D eigenvalue weighted by molar-refractivity contribution is 0.111. The Morgan fingerprint density at radius 2 is 2.00 bits per heavy atom. The molecule has 2 rings (SSSR count). The van der Waals surface area contributed by atoms with Crippen molar-refractivity contribution < 1.29 is 4.74 Å². The van der Waals surface area contributed by atoms with Gasteiger partial charge in [0.25, 0.3) is 5.56 Å². The molecule has 2 aromatic rings. The molecular weight excluding hydrogens is 234 g/mol.